The van der Waals surface area contributed by atoms with Crippen LogP contribution in [0.3, 0.4) is 0 Å². The van der Waals surface area contributed by atoms with Crippen molar-refractivity contribution in [1.82, 2.24) is 0 Å². The van der Waals surface area contributed by atoms with Gasteiger partial charge in [0, 0.05) is 49.7 Å². The Bertz CT molecular complexity index is 282. The van der Waals surface area contributed by atoms with Crippen LogP contribution in [0, 0.1) is 0 Å². The molecule has 0 unspecified atom stereocenters. The average Bonchev–Trinajstić information content (AvgIpc) is 2.05. The van der Waals surface area contributed by atoms with Gasteiger partial charge in [-0.25, -0.2) is 0 Å². The normalized spacial score (nSPS) is 8.75. The van der Waals surface area contributed by atoms with Gasteiger partial charge in [-0.1, -0.05) is 24.3 Å². The smallest absolute Gasteiger partial charge is 0.126 e. The van der Waals surface area contributed by atoms with E-state index in [9.17, 15) is 0 Å². The largest absolute Gasteiger partial charge is 0.489 e. The summed E-state index contributed by atoms with van der Waals surface area (Å²) in [6, 6.07) is 8.03. The minimum Gasteiger partial charge on any atom is -0.489 e. The summed E-state index contributed by atoms with van der Waals surface area (Å²) in [5.74, 6) is 0.991. The first-order valence-electron chi connectivity index (χ1n) is 3.35. The molecular formula is C9H16NbO5Ti. The molecule has 7 heteroatoms. The molecule has 2 rings (SSSR count). The predicted molar refractivity (Wildman–Crippen MR) is 55.4 cm³/mol. The Balaban J connectivity index is -0.0000000672. The predicted octanol–water partition coefficient (Wildman–Crippen LogP) is -1.21. The van der Waals surface area contributed by atoms with Gasteiger partial charge in [-0.15, -0.1) is 0 Å². The van der Waals surface area contributed by atoms with E-state index in [2.05, 4.69) is 6.08 Å². The maximum Gasteiger partial charge on any atom is 0.126 e. The van der Waals surface area contributed by atoms with Crippen molar-refractivity contribution in [3.63, 3.8) is 0 Å². The maximum atomic E-state index is 5.34. The van der Waals surface area contributed by atoms with E-state index >= 15 is 0 Å². The van der Waals surface area contributed by atoms with Gasteiger partial charge >= 0.3 is 0 Å². The van der Waals surface area contributed by atoms with Crippen molar-refractivity contribution in [2.24, 2.45) is 0 Å². The molecule has 0 saturated heterocycles. The van der Waals surface area contributed by atoms with Gasteiger partial charge in [0.15, 0.2) is 0 Å². The van der Waals surface area contributed by atoms with E-state index in [4.69, 9.17) is 4.74 Å². The number of fused-ring (bicyclic) bond motifs is 1. The minimum atomic E-state index is 0. The van der Waals surface area contributed by atoms with Gasteiger partial charge < -0.3 is 26.6 Å². The zero-order valence-corrected chi connectivity index (χ0v) is 12.3. The third kappa shape index (κ3) is 7.35. The summed E-state index contributed by atoms with van der Waals surface area (Å²) >= 11 is 0. The Labute approximate surface area is 125 Å². The third-order valence-corrected chi connectivity index (χ3v) is 1.55. The van der Waals surface area contributed by atoms with E-state index in [0.29, 0.717) is 6.61 Å². The Morgan fingerprint density at radius 2 is 1.50 bits per heavy atom. The summed E-state index contributed by atoms with van der Waals surface area (Å²) in [4.78, 5) is 0. The van der Waals surface area contributed by atoms with Crippen LogP contribution in [0.1, 0.15) is 5.56 Å². The fraction of sp³-hybridized carbons (Fsp3) is 0.111. The molecule has 0 aromatic heterocycles. The fourth-order valence-corrected chi connectivity index (χ4v) is 1.06. The molecule has 1 heterocycles. The number of hydrogen-bond donors (Lipinski definition) is 0. The number of ether oxygens (including phenoxy) is 1. The molecule has 1 aromatic rings. The molecule has 1 aliphatic rings. The molecule has 0 saturated carbocycles. The maximum absolute atomic E-state index is 5.34. The topological polar surface area (TPSA) is 135 Å². The van der Waals surface area contributed by atoms with Crippen LogP contribution < -0.4 is 4.74 Å². The van der Waals surface area contributed by atoms with Crippen molar-refractivity contribution >= 4 is 6.08 Å². The molecule has 0 spiro atoms. The van der Waals surface area contributed by atoms with Crippen molar-refractivity contribution in [3.8, 4) is 5.75 Å². The van der Waals surface area contributed by atoms with E-state index in [0.717, 1.165) is 5.75 Å². The molecule has 91 valence electrons. The van der Waals surface area contributed by atoms with Gasteiger partial charge in [-0.2, -0.15) is 0 Å². The second kappa shape index (κ2) is 15.1. The van der Waals surface area contributed by atoms with Crippen molar-refractivity contribution < 1.29 is 70.7 Å². The molecule has 0 bridgehead atoms. The van der Waals surface area contributed by atoms with Gasteiger partial charge in [-0.3, -0.25) is 0 Å². The Hall–Kier alpha value is 0.0545. The van der Waals surface area contributed by atoms with Crippen LogP contribution in [0.2, 0.25) is 0 Å². The van der Waals surface area contributed by atoms with E-state index in [-0.39, 0.29) is 66.0 Å². The second-order valence-electron chi connectivity index (χ2n) is 2.25. The molecule has 0 atom stereocenters. The fourth-order valence-electron chi connectivity index (χ4n) is 1.06. The Morgan fingerprint density at radius 3 is 2.06 bits per heavy atom. The van der Waals surface area contributed by atoms with Crippen molar-refractivity contribution in [1.29, 1.82) is 0 Å². The molecule has 1 radical (unpaired) electrons. The monoisotopic (exact) mass is 345 g/mol. The Kier molecular flexibility index (Phi) is 28.0. The number of rotatable bonds is 0. The quantitative estimate of drug-likeness (QED) is 0.536. The van der Waals surface area contributed by atoms with Gasteiger partial charge in [0.1, 0.15) is 12.4 Å². The molecular weight excluding hydrogens is 329 g/mol. The average molecular weight is 345 g/mol. The van der Waals surface area contributed by atoms with Crippen LogP contribution in [0.5, 0.6) is 5.75 Å². The molecule has 0 aliphatic carbocycles. The van der Waals surface area contributed by atoms with Crippen LogP contribution in [-0.4, -0.2) is 28.5 Å². The van der Waals surface area contributed by atoms with E-state index in [1.165, 1.54) is 5.56 Å². The van der Waals surface area contributed by atoms with Crippen LogP contribution >= 0.6 is 0 Å². The van der Waals surface area contributed by atoms with Gasteiger partial charge in [-0.05, 0) is 12.1 Å². The van der Waals surface area contributed by atoms with Gasteiger partial charge in [0.2, 0.25) is 0 Å². The summed E-state index contributed by atoms with van der Waals surface area (Å²) in [6.07, 6.45) is 4.10. The molecule has 0 fully saturated rings. The molecule has 1 aromatic carbocycles. The van der Waals surface area contributed by atoms with Crippen LogP contribution in [0.15, 0.2) is 30.3 Å². The van der Waals surface area contributed by atoms with Crippen molar-refractivity contribution in [3.05, 3.63) is 35.9 Å². The summed E-state index contributed by atoms with van der Waals surface area (Å²) < 4.78 is 5.34. The number of para-hydroxylation sites is 1. The summed E-state index contributed by atoms with van der Waals surface area (Å²) in [5, 5.41) is 0. The van der Waals surface area contributed by atoms with Crippen LogP contribution in [-0.2, 0) is 44.1 Å². The molecule has 16 heavy (non-hydrogen) atoms. The second-order valence-corrected chi connectivity index (χ2v) is 2.25. The number of benzene rings is 1. The standard InChI is InChI=1S/C9H8O.Nb.4H2O.Ti/c1-2-6-9-8(4-1)5-3-7-10-9;;;;;;/h1-6H,7H2;;4*1H2;. The first kappa shape index (κ1) is 29.8. The first-order valence-corrected chi connectivity index (χ1v) is 3.35. The molecule has 8 N–H and O–H groups in total. The Morgan fingerprint density at radius 1 is 0.938 bits per heavy atom. The zero-order chi connectivity index (χ0) is 6.81. The first-order chi connectivity index (χ1) is 4.97. The molecule has 1 aliphatic heterocycles. The summed E-state index contributed by atoms with van der Waals surface area (Å²) in [6.45, 7) is 0.705. The molecule has 0 amide bonds. The third-order valence-electron chi connectivity index (χ3n) is 1.55. The van der Waals surface area contributed by atoms with Crippen molar-refractivity contribution in [2.45, 2.75) is 0 Å². The van der Waals surface area contributed by atoms with Crippen LogP contribution in [0.4, 0.5) is 0 Å². The number of hydrogen-bond acceptors (Lipinski definition) is 1. The van der Waals surface area contributed by atoms with E-state index in [1.54, 1.807) is 0 Å². The van der Waals surface area contributed by atoms with Gasteiger partial charge in [0.05, 0.1) is 0 Å². The van der Waals surface area contributed by atoms with Crippen LogP contribution in [0.25, 0.3) is 6.08 Å². The summed E-state index contributed by atoms with van der Waals surface area (Å²) in [7, 11) is 0. The van der Waals surface area contributed by atoms with Crippen molar-refractivity contribution in [2.75, 3.05) is 6.61 Å². The SMILES string of the molecule is C1=Cc2ccccc2OC1.O.O.O.O.[Nb].[Ti]. The minimum absolute atomic E-state index is 0. The van der Waals surface area contributed by atoms with Gasteiger partial charge in [0.25, 0.3) is 0 Å². The zero-order valence-electron chi connectivity index (χ0n) is 8.53. The summed E-state index contributed by atoms with van der Waals surface area (Å²) in [5.41, 5.74) is 1.17. The molecule has 5 nitrogen and oxygen atoms in total. The van der Waals surface area contributed by atoms with E-state index in [1.807, 2.05) is 30.3 Å². The van der Waals surface area contributed by atoms with E-state index < -0.39 is 0 Å².